The van der Waals surface area contributed by atoms with Crippen molar-refractivity contribution in [3.63, 3.8) is 0 Å². The summed E-state index contributed by atoms with van der Waals surface area (Å²) in [6.07, 6.45) is 9.63. The smallest absolute Gasteiger partial charge is 0.291 e. The van der Waals surface area contributed by atoms with Crippen LogP contribution in [-0.2, 0) is 4.74 Å². The van der Waals surface area contributed by atoms with Crippen molar-refractivity contribution in [3.8, 4) is 0 Å². The topological polar surface area (TPSA) is 123 Å². The molecular weight excluding hydrogens is 412 g/mol. The lowest BCUT2D eigenvalue weighted by Crippen LogP contribution is -2.36. The first kappa shape index (κ1) is 21.3. The second-order valence-electron chi connectivity index (χ2n) is 7.28. The number of allylic oxidation sites excluding steroid dienone is 2. The van der Waals surface area contributed by atoms with Gasteiger partial charge in [0.15, 0.2) is 0 Å². The predicted octanol–water partition coefficient (Wildman–Crippen LogP) is 2.56. The van der Waals surface area contributed by atoms with Crippen LogP contribution in [0.2, 0.25) is 0 Å². The van der Waals surface area contributed by atoms with Crippen molar-refractivity contribution in [3.05, 3.63) is 81.1 Å². The standard InChI is InChI=1S/C22H22N6O4/c29-22(20-15-23-7-8-24-20)26-25-14-18-4-3-17(21(18)27-9-11-32-12-10-27)13-16-1-5-19(6-2-16)28(30)31/h1-2,5-8,13-15H,3-4,9-12H2,(H,26,29)/b17-13+,25-14-. The van der Waals surface area contributed by atoms with Crippen LogP contribution < -0.4 is 5.43 Å². The predicted molar refractivity (Wildman–Crippen MR) is 118 cm³/mol. The van der Waals surface area contributed by atoms with E-state index in [9.17, 15) is 14.9 Å². The van der Waals surface area contributed by atoms with Gasteiger partial charge in [-0.05, 0) is 47.8 Å². The molecule has 1 aliphatic carbocycles. The number of nitrogens with one attached hydrogen (secondary N) is 1. The van der Waals surface area contributed by atoms with Crippen LogP contribution >= 0.6 is 0 Å². The molecule has 1 aromatic heterocycles. The maximum absolute atomic E-state index is 12.2. The Morgan fingerprint density at radius 2 is 1.97 bits per heavy atom. The fraction of sp³-hybridized carbons (Fsp3) is 0.273. The second-order valence-corrected chi connectivity index (χ2v) is 7.28. The first-order valence-electron chi connectivity index (χ1n) is 10.2. The number of hydrogen-bond donors (Lipinski definition) is 1. The highest BCUT2D eigenvalue weighted by Crippen LogP contribution is 2.35. The van der Waals surface area contributed by atoms with E-state index >= 15 is 0 Å². The molecular formula is C22H22N6O4. The van der Waals surface area contributed by atoms with Gasteiger partial charge in [-0.2, -0.15) is 5.10 Å². The lowest BCUT2D eigenvalue weighted by molar-refractivity contribution is -0.384. The number of carbonyl (C=O) groups is 1. The van der Waals surface area contributed by atoms with Crippen LogP contribution in [0.3, 0.4) is 0 Å². The molecule has 10 nitrogen and oxygen atoms in total. The van der Waals surface area contributed by atoms with Gasteiger partial charge in [-0.15, -0.1) is 0 Å². The molecule has 2 heterocycles. The fourth-order valence-corrected chi connectivity index (χ4v) is 3.71. The molecule has 1 aliphatic heterocycles. The van der Waals surface area contributed by atoms with E-state index in [-0.39, 0.29) is 11.4 Å². The Morgan fingerprint density at radius 3 is 2.66 bits per heavy atom. The van der Waals surface area contributed by atoms with Crippen molar-refractivity contribution in [1.82, 2.24) is 20.3 Å². The van der Waals surface area contributed by atoms with Gasteiger partial charge in [0.2, 0.25) is 0 Å². The number of nitro benzene ring substituents is 1. The molecule has 4 rings (SSSR count). The first-order chi connectivity index (χ1) is 15.6. The number of benzene rings is 1. The molecule has 1 amide bonds. The number of rotatable bonds is 6. The number of carbonyl (C=O) groups excluding carboxylic acids is 1. The normalized spacial score (nSPS) is 17.9. The Labute approximate surface area is 184 Å². The Bertz CT molecular complexity index is 1070. The second kappa shape index (κ2) is 9.92. The number of amides is 1. The minimum atomic E-state index is -0.428. The van der Waals surface area contributed by atoms with E-state index in [2.05, 4.69) is 25.4 Å². The summed E-state index contributed by atoms with van der Waals surface area (Å²) < 4.78 is 5.49. The highest BCUT2D eigenvalue weighted by Gasteiger charge is 2.25. The Balaban J connectivity index is 1.57. The number of aromatic nitrogens is 2. The zero-order valence-electron chi connectivity index (χ0n) is 17.3. The summed E-state index contributed by atoms with van der Waals surface area (Å²) >= 11 is 0. The molecule has 10 heteroatoms. The summed E-state index contributed by atoms with van der Waals surface area (Å²) in [6, 6.07) is 6.50. The molecule has 164 valence electrons. The third kappa shape index (κ3) is 5.03. The van der Waals surface area contributed by atoms with Gasteiger partial charge in [0, 0.05) is 43.3 Å². The van der Waals surface area contributed by atoms with Crippen molar-refractivity contribution in [2.75, 3.05) is 26.3 Å². The molecule has 0 unspecified atom stereocenters. The summed E-state index contributed by atoms with van der Waals surface area (Å²) in [6.45, 7) is 2.80. The number of hydrogen-bond acceptors (Lipinski definition) is 8. The van der Waals surface area contributed by atoms with E-state index in [1.807, 2.05) is 6.08 Å². The molecule has 2 aliphatic rings. The molecule has 1 N–H and O–H groups in total. The molecule has 1 fully saturated rings. The number of ether oxygens (including phenoxy) is 1. The van der Waals surface area contributed by atoms with Crippen molar-refractivity contribution in [2.45, 2.75) is 12.8 Å². The van der Waals surface area contributed by atoms with Gasteiger partial charge >= 0.3 is 0 Å². The number of nitrogens with zero attached hydrogens (tertiary/aromatic N) is 5. The molecule has 0 bridgehead atoms. The molecule has 1 saturated heterocycles. The fourth-order valence-electron chi connectivity index (χ4n) is 3.71. The summed E-state index contributed by atoms with van der Waals surface area (Å²) in [5, 5.41) is 15.0. The van der Waals surface area contributed by atoms with Gasteiger partial charge in [0.25, 0.3) is 11.6 Å². The van der Waals surface area contributed by atoms with Gasteiger partial charge in [-0.25, -0.2) is 10.4 Å². The van der Waals surface area contributed by atoms with Crippen molar-refractivity contribution in [2.24, 2.45) is 5.10 Å². The van der Waals surface area contributed by atoms with Crippen molar-refractivity contribution < 1.29 is 14.5 Å². The summed E-state index contributed by atoms with van der Waals surface area (Å²) in [5.74, 6) is -0.428. The van der Waals surface area contributed by atoms with Crippen molar-refractivity contribution in [1.29, 1.82) is 0 Å². The van der Waals surface area contributed by atoms with Crippen molar-refractivity contribution >= 4 is 23.9 Å². The van der Waals surface area contributed by atoms with E-state index in [0.717, 1.165) is 48.3 Å². The minimum absolute atomic E-state index is 0.0641. The zero-order valence-corrected chi connectivity index (χ0v) is 17.3. The SMILES string of the molecule is O=C(N/N=C\C1=C(N2CCOCC2)C(=C/c2ccc([N+](=O)[O-])cc2)/CC1)c1cnccn1. The van der Waals surface area contributed by atoms with Crippen LogP contribution in [0, 0.1) is 10.1 Å². The van der Waals surface area contributed by atoms with E-state index in [1.165, 1.54) is 30.7 Å². The lowest BCUT2D eigenvalue weighted by Gasteiger charge is -2.31. The molecule has 1 aromatic carbocycles. The van der Waals surface area contributed by atoms with Gasteiger partial charge in [0.05, 0.1) is 30.5 Å². The van der Waals surface area contributed by atoms with Crippen LogP contribution in [0.15, 0.2) is 64.8 Å². The van der Waals surface area contributed by atoms with Crippen LogP contribution in [-0.4, -0.2) is 58.2 Å². The highest BCUT2D eigenvalue weighted by molar-refractivity contribution is 5.93. The lowest BCUT2D eigenvalue weighted by atomic mass is 10.1. The van der Waals surface area contributed by atoms with Gasteiger partial charge < -0.3 is 9.64 Å². The van der Waals surface area contributed by atoms with Crippen LogP contribution in [0.4, 0.5) is 5.69 Å². The van der Waals surface area contributed by atoms with E-state index in [4.69, 9.17) is 4.74 Å². The van der Waals surface area contributed by atoms with E-state index in [1.54, 1.807) is 18.3 Å². The Kier molecular flexibility index (Phi) is 6.61. The molecule has 32 heavy (non-hydrogen) atoms. The Hall–Kier alpha value is -3.92. The van der Waals surface area contributed by atoms with Gasteiger partial charge in [-0.1, -0.05) is 0 Å². The maximum Gasteiger partial charge on any atom is 0.291 e. The summed E-state index contributed by atoms with van der Waals surface area (Å²) in [5.41, 5.74) is 6.86. The highest BCUT2D eigenvalue weighted by atomic mass is 16.6. The largest absolute Gasteiger partial charge is 0.378 e. The summed E-state index contributed by atoms with van der Waals surface area (Å²) in [7, 11) is 0. The van der Waals surface area contributed by atoms with Crippen LogP contribution in [0.5, 0.6) is 0 Å². The monoisotopic (exact) mass is 434 g/mol. The number of non-ortho nitro benzene ring substituents is 1. The Morgan fingerprint density at radius 1 is 1.19 bits per heavy atom. The maximum atomic E-state index is 12.2. The van der Waals surface area contributed by atoms with Crippen LogP contribution in [0.25, 0.3) is 6.08 Å². The average molecular weight is 434 g/mol. The number of morpholine rings is 1. The van der Waals surface area contributed by atoms with Gasteiger partial charge in [-0.3, -0.25) is 19.9 Å². The van der Waals surface area contributed by atoms with Gasteiger partial charge in [0.1, 0.15) is 5.69 Å². The molecule has 0 radical (unpaired) electrons. The quantitative estimate of drug-likeness (QED) is 0.421. The van der Waals surface area contributed by atoms with Crippen LogP contribution in [0.1, 0.15) is 28.9 Å². The molecule has 0 spiro atoms. The third-order valence-corrected chi connectivity index (χ3v) is 5.23. The average Bonchev–Trinajstić information content (AvgIpc) is 3.22. The van der Waals surface area contributed by atoms with E-state index in [0.29, 0.717) is 13.2 Å². The zero-order chi connectivity index (χ0) is 22.3. The molecule has 0 saturated carbocycles. The third-order valence-electron chi connectivity index (χ3n) is 5.23. The minimum Gasteiger partial charge on any atom is -0.378 e. The molecule has 0 atom stereocenters. The number of nitro groups is 1. The summed E-state index contributed by atoms with van der Waals surface area (Å²) in [4.78, 5) is 32.8. The van der Waals surface area contributed by atoms with E-state index < -0.39 is 10.8 Å². The first-order valence-corrected chi connectivity index (χ1v) is 10.2. The number of hydrazone groups is 1. The molecule has 2 aromatic rings.